The van der Waals surface area contributed by atoms with Crippen molar-refractivity contribution >= 4 is 22.5 Å². The first-order chi connectivity index (χ1) is 18.8. The van der Waals surface area contributed by atoms with Crippen molar-refractivity contribution in [3.05, 3.63) is 52.9 Å². The second-order valence-corrected chi connectivity index (χ2v) is 13.0. The van der Waals surface area contributed by atoms with Gasteiger partial charge in [-0.1, -0.05) is 33.3 Å². The molecule has 1 fully saturated rings. The molecule has 212 valence electrons. The molecular weight excluding hydrogens is 518 g/mol. The molecule has 4 heterocycles. The maximum Gasteiger partial charge on any atom is 0.225 e. The number of benzene rings is 1. The molecule has 3 aliphatic rings. The average Bonchev–Trinajstić information content (AvgIpc) is 3.41. The third kappa shape index (κ3) is 6.35. The number of hydrogen-bond donors (Lipinski definition) is 0. The van der Waals surface area contributed by atoms with Crippen molar-refractivity contribution in [3.8, 4) is 5.75 Å². The minimum atomic E-state index is -1.04. The van der Waals surface area contributed by atoms with Crippen molar-refractivity contribution in [2.45, 2.75) is 71.8 Å². The van der Waals surface area contributed by atoms with Crippen LogP contribution in [0.1, 0.15) is 69.6 Å². The number of aryl methyl sites for hydroxylation is 1. The molecule has 6 nitrogen and oxygen atoms in total. The molecule has 1 aromatic carbocycles. The fourth-order valence-corrected chi connectivity index (χ4v) is 7.28. The first kappa shape index (κ1) is 28.1. The number of rotatable bonds is 9. The molecule has 5 rings (SSSR count). The van der Waals surface area contributed by atoms with Gasteiger partial charge >= 0.3 is 0 Å². The molecule has 9 heteroatoms. The Morgan fingerprint density at radius 3 is 2.54 bits per heavy atom. The molecule has 2 atom stereocenters. The number of anilines is 1. The summed E-state index contributed by atoms with van der Waals surface area (Å²) in [5.41, 5.74) is 2.61. The van der Waals surface area contributed by atoms with Crippen molar-refractivity contribution in [2.75, 3.05) is 36.8 Å². The first-order valence-corrected chi connectivity index (χ1v) is 15.7. The van der Waals surface area contributed by atoms with Gasteiger partial charge in [0.25, 0.3) is 0 Å². The molecule has 1 aromatic heterocycles. The van der Waals surface area contributed by atoms with Crippen molar-refractivity contribution < 1.29 is 17.7 Å². The van der Waals surface area contributed by atoms with Gasteiger partial charge in [-0.25, -0.2) is 27.3 Å². The Kier molecular flexibility index (Phi) is 8.96. The quantitative estimate of drug-likeness (QED) is 0.394. The molecule has 0 amide bonds. The summed E-state index contributed by atoms with van der Waals surface area (Å²) in [6.45, 7) is 9.05. The van der Waals surface area contributed by atoms with Crippen LogP contribution in [0.4, 0.5) is 14.7 Å². The van der Waals surface area contributed by atoms with Crippen LogP contribution in [0.3, 0.4) is 0 Å². The van der Waals surface area contributed by atoms with E-state index in [1.54, 1.807) is 0 Å². The van der Waals surface area contributed by atoms with E-state index in [-0.39, 0.29) is 23.6 Å². The Labute approximate surface area is 233 Å². The summed E-state index contributed by atoms with van der Waals surface area (Å²) in [6.07, 6.45) is 11.1. The number of halogens is 2. The second-order valence-electron chi connectivity index (χ2n) is 11.4. The summed E-state index contributed by atoms with van der Waals surface area (Å²) < 4.78 is 51.5. The van der Waals surface area contributed by atoms with Crippen LogP contribution in [-0.4, -0.2) is 56.5 Å². The minimum absolute atomic E-state index is 0.0753. The zero-order valence-electron chi connectivity index (χ0n) is 23.3. The van der Waals surface area contributed by atoms with E-state index in [0.29, 0.717) is 48.7 Å². The highest BCUT2D eigenvalue weighted by Crippen LogP contribution is 2.41. The molecule has 2 unspecified atom stereocenters. The van der Waals surface area contributed by atoms with Gasteiger partial charge in [-0.15, -0.1) is 0 Å². The molecule has 0 radical (unpaired) electrons. The summed E-state index contributed by atoms with van der Waals surface area (Å²) in [6, 6.07) is 1.29. The Balaban J connectivity index is 1.21. The van der Waals surface area contributed by atoms with Crippen LogP contribution in [0, 0.1) is 23.5 Å². The topological polar surface area (TPSA) is 58.6 Å². The Bertz CT molecular complexity index is 1210. The van der Waals surface area contributed by atoms with E-state index in [1.807, 2.05) is 22.8 Å². The monoisotopic (exact) mass is 558 g/mol. The predicted octanol–water partition coefficient (Wildman–Crippen LogP) is 5.73. The van der Waals surface area contributed by atoms with Gasteiger partial charge < -0.3 is 9.64 Å². The summed E-state index contributed by atoms with van der Waals surface area (Å²) in [5.74, 6) is 1.32. The van der Waals surface area contributed by atoms with Gasteiger partial charge in [-0.05, 0) is 61.1 Å². The second kappa shape index (κ2) is 12.4. The third-order valence-electron chi connectivity index (χ3n) is 8.19. The number of piperidine rings is 1. The van der Waals surface area contributed by atoms with E-state index in [9.17, 15) is 4.21 Å². The maximum absolute atomic E-state index is 15.7. The lowest BCUT2D eigenvalue weighted by molar-refractivity contribution is 0.134. The Morgan fingerprint density at radius 2 is 1.90 bits per heavy atom. The molecule has 2 aromatic rings. The molecule has 0 bridgehead atoms. The molecular formula is C30H40F2N4O2S. The number of ether oxygens (including phenoxy) is 1. The van der Waals surface area contributed by atoms with Crippen LogP contribution in [-0.2, 0) is 23.8 Å². The van der Waals surface area contributed by atoms with Crippen LogP contribution in [0.5, 0.6) is 5.75 Å². The minimum Gasteiger partial charge on any atom is -0.486 e. The average molecular weight is 559 g/mol. The van der Waals surface area contributed by atoms with Gasteiger partial charge in [0.2, 0.25) is 5.95 Å². The van der Waals surface area contributed by atoms with Crippen molar-refractivity contribution in [1.82, 2.24) is 14.3 Å². The lowest BCUT2D eigenvalue weighted by atomic mass is 9.88. The van der Waals surface area contributed by atoms with Gasteiger partial charge in [-0.3, -0.25) is 0 Å². The van der Waals surface area contributed by atoms with E-state index < -0.39 is 16.8 Å². The fraction of sp³-hybridized carbons (Fsp3) is 0.600. The van der Waals surface area contributed by atoms with Crippen LogP contribution in [0.2, 0.25) is 0 Å². The van der Waals surface area contributed by atoms with E-state index in [0.717, 1.165) is 62.3 Å². The molecule has 0 aliphatic carbocycles. The van der Waals surface area contributed by atoms with Crippen molar-refractivity contribution in [3.63, 3.8) is 0 Å². The molecule has 0 spiro atoms. The van der Waals surface area contributed by atoms with Crippen molar-refractivity contribution in [1.29, 1.82) is 0 Å². The number of fused-ring (bicyclic) bond motifs is 1. The van der Waals surface area contributed by atoms with Gasteiger partial charge in [0.05, 0.1) is 11.0 Å². The van der Waals surface area contributed by atoms with Crippen molar-refractivity contribution in [2.24, 2.45) is 11.8 Å². The lowest BCUT2D eigenvalue weighted by Gasteiger charge is -2.34. The fourth-order valence-electron chi connectivity index (χ4n) is 5.81. The molecule has 0 N–H and O–H groups in total. The summed E-state index contributed by atoms with van der Waals surface area (Å²) in [7, 11) is -1.04. The summed E-state index contributed by atoms with van der Waals surface area (Å²) in [4.78, 5) is 11.3. The van der Waals surface area contributed by atoms with Gasteiger partial charge in [0.1, 0.15) is 11.9 Å². The number of nitrogens with zero attached hydrogens (tertiary/aromatic N) is 4. The van der Waals surface area contributed by atoms with E-state index >= 15 is 8.78 Å². The highest BCUT2D eigenvalue weighted by Gasteiger charge is 2.37. The highest BCUT2D eigenvalue weighted by atomic mass is 32.2. The first-order valence-electron chi connectivity index (χ1n) is 14.4. The van der Waals surface area contributed by atoms with Gasteiger partial charge in [-0.2, -0.15) is 0 Å². The normalized spacial score (nSPS) is 21.1. The Hall–Kier alpha value is -2.39. The number of aromatic nitrogens is 2. The van der Waals surface area contributed by atoms with Crippen LogP contribution < -0.4 is 9.64 Å². The largest absolute Gasteiger partial charge is 0.486 e. The maximum atomic E-state index is 15.7. The predicted molar refractivity (Wildman–Crippen MR) is 152 cm³/mol. The Morgan fingerprint density at radius 1 is 1.15 bits per heavy atom. The lowest BCUT2D eigenvalue weighted by Crippen LogP contribution is -2.40. The molecule has 39 heavy (non-hydrogen) atoms. The molecule has 0 saturated carbocycles. The summed E-state index contributed by atoms with van der Waals surface area (Å²) >= 11 is 0. The van der Waals surface area contributed by atoms with Gasteiger partial charge in [0, 0.05) is 61.9 Å². The van der Waals surface area contributed by atoms with Crippen LogP contribution in [0.25, 0.3) is 5.57 Å². The molecule has 3 aliphatic heterocycles. The van der Waals surface area contributed by atoms with Gasteiger partial charge in [0.15, 0.2) is 11.6 Å². The third-order valence-corrected chi connectivity index (χ3v) is 9.68. The molecule has 1 saturated heterocycles. The van der Waals surface area contributed by atoms with E-state index in [2.05, 4.69) is 35.6 Å². The zero-order chi connectivity index (χ0) is 27.5. The SMILES string of the molecule is CCCc1cnc(N2CCC(C3Cc4c(F)c(C5=CCN(S(=O)CCC(C)C)CC5)cc(F)c4O3)CC2)nc1. The smallest absolute Gasteiger partial charge is 0.225 e. The zero-order valence-corrected chi connectivity index (χ0v) is 24.1. The van der Waals surface area contributed by atoms with E-state index in [1.165, 1.54) is 6.07 Å². The van der Waals surface area contributed by atoms with Crippen LogP contribution in [0.15, 0.2) is 24.5 Å². The number of hydrogen-bond acceptors (Lipinski definition) is 5. The van der Waals surface area contributed by atoms with Crippen LogP contribution >= 0.6 is 0 Å². The highest BCUT2D eigenvalue weighted by molar-refractivity contribution is 7.82. The standard InChI is InChI=1S/C30H40F2N4O2S/c1-4-5-21-18-33-30(34-19-21)35-11-6-23(7-12-35)27-17-25-28(32)24(16-26(31)29(25)38-27)22-8-13-36(14-9-22)39(37)15-10-20(2)3/h8,16,18-20,23,27H,4-7,9-15,17H2,1-3H3. The summed E-state index contributed by atoms with van der Waals surface area (Å²) in [5, 5.41) is 0. The van der Waals surface area contributed by atoms with E-state index in [4.69, 9.17) is 4.74 Å².